The minimum Gasteiger partial charge on any atom is -0.493 e. The van der Waals surface area contributed by atoms with Gasteiger partial charge in [-0.1, -0.05) is 12.8 Å². The van der Waals surface area contributed by atoms with Gasteiger partial charge in [-0.05, 0) is 63.7 Å². The molecule has 1 saturated heterocycles. The smallest absolute Gasteiger partial charge is 0.422 e. The van der Waals surface area contributed by atoms with Crippen LogP contribution in [0.25, 0.3) is 0 Å². The number of hydrogen-bond acceptors (Lipinski definition) is 9. The van der Waals surface area contributed by atoms with Gasteiger partial charge in [0.05, 0.1) is 12.2 Å². The van der Waals surface area contributed by atoms with E-state index in [0.717, 1.165) is 58.2 Å². The number of likely N-dealkylation sites (tertiary alicyclic amines) is 1. The van der Waals surface area contributed by atoms with Crippen molar-refractivity contribution in [1.82, 2.24) is 25.2 Å². The Morgan fingerprint density at radius 1 is 1.05 bits per heavy atom. The molecular weight excluding hydrogens is 527 g/mol. The Bertz CT molecular complexity index is 1170. The highest BCUT2D eigenvalue weighted by molar-refractivity contribution is 5.97. The average Bonchev–Trinajstić information content (AvgIpc) is 3.48. The number of nitrogens with one attached hydrogen (secondary N) is 3. The number of carbonyl (C=O) groups is 1. The van der Waals surface area contributed by atoms with E-state index in [0.29, 0.717) is 36.7 Å². The summed E-state index contributed by atoms with van der Waals surface area (Å²) in [5.41, 5.74) is 1.09. The van der Waals surface area contributed by atoms with Crippen molar-refractivity contribution >= 4 is 23.5 Å². The maximum absolute atomic E-state index is 13.3. The second-order valence-corrected chi connectivity index (χ2v) is 10.9. The maximum Gasteiger partial charge on any atom is 0.422 e. The zero-order chi connectivity index (χ0) is 28.0. The van der Waals surface area contributed by atoms with Crippen LogP contribution in [0.4, 0.5) is 30.8 Å². The van der Waals surface area contributed by atoms with Gasteiger partial charge in [-0.25, -0.2) is 0 Å². The highest BCUT2D eigenvalue weighted by atomic mass is 19.4. The molecule has 0 unspecified atom stereocenters. The van der Waals surface area contributed by atoms with E-state index >= 15 is 0 Å². The molecule has 1 saturated carbocycles. The van der Waals surface area contributed by atoms with Crippen molar-refractivity contribution in [1.29, 1.82) is 0 Å². The molecule has 4 bridgehead atoms. The Balaban J connectivity index is 1.31. The van der Waals surface area contributed by atoms with E-state index in [4.69, 9.17) is 9.47 Å². The molecule has 13 heteroatoms. The Morgan fingerprint density at radius 2 is 1.82 bits per heavy atom. The Kier molecular flexibility index (Phi) is 8.77. The van der Waals surface area contributed by atoms with Crippen LogP contribution >= 0.6 is 0 Å². The van der Waals surface area contributed by atoms with Crippen LogP contribution in [-0.4, -0.2) is 77.9 Å². The number of benzene rings is 1. The van der Waals surface area contributed by atoms with Crippen molar-refractivity contribution in [3.63, 3.8) is 0 Å². The summed E-state index contributed by atoms with van der Waals surface area (Å²) >= 11 is 0. The topological polar surface area (TPSA) is 114 Å². The van der Waals surface area contributed by atoms with Crippen molar-refractivity contribution < 1.29 is 27.4 Å². The van der Waals surface area contributed by atoms with Crippen molar-refractivity contribution in [3.8, 4) is 11.8 Å². The Morgan fingerprint density at radius 3 is 2.60 bits per heavy atom. The Labute approximate surface area is 231 Å². The van der Waals surface area contributed by atoms with Crippen molar-refractivity contribution in [2.45, 2.75) is 57.5 Å². The number of ether oxygens (including phenoxy) is 2. The predicted octanol–water partition coefficient (Wildman–Crippen LogP) is 4.53. The molecule has 3 aliphatic rings. The number of amides is 1. The van der Waals surface area contributed by atoms with E-state index in [1.165, 1.54) is 12.8 Å². The summed E-state index contributed by atoms with van der Waals surface area (Å²) in [5.74, 6) is 0.342. The van der Waals surface area contributed by atoms with E-state index in [2.05, 4.69) is 35.8 Å². The molecule has 0 spiro atoms. The standard InChI is InChI=1S/C27H36F3N7O3/c28-27(29,30)18-40-25-35-23-31-11-3-1-2-6-14-39-21-15-19(33-24(34-23)36-25)7-8-20(21)22(38)32-16-26(9-10-26)17-37-12-4-5-13-37/h7-8,15H,1-6,9-14,16-18H2,(H,32,38)(H2,31,33,34,35,36). The molecule has 10 nitrogen and oxygen atoms in total. The van der Waals surface area contributed by atoms with Crippen LogP contribution in [-0.2, 0) is 0 Å². The molecule has 3 N–H and O–H groups in total. The fraction of sp³-hybridized carbons (Fsp3) is 0.630. The highest BCUT2D eigenvalue weighted by Gasteiger charge is 2.44. The molecule has 1 aromatic carbocycles. The monoisotopic (exact) mass is 563 g/mol. The molecule has 3 heterocycles. The van der Waals surface area contributed by atoms with Gasteiger partial charge < -0.3 is 30.3 Å². The van der Waals surface area contributed by atoms with E-state index < -0.39 is 18.8 Å². The zero-order valence-electron chi connectivity index (χ0n) is 22.5. The summed E-state index contributed by atoms with van der Waals surface area (Å²) in [4.78, 5) is 28.0. The zero-order valence-corrected chi connectivity index (χ0v) is 22.5. The van der Waals surface area contributed by atoms with Crippen LogP contribution in [0.1, 0.15) is 61.7 Å². The molecule has 1 aromatic heterocycles. The molecule has 1 aliphatic carbocycles. The van der Waals surface area contributed by atoms with Crippen LogP contribution in [0.2, 0.25) is 0 Å². The van der Waals surface area contributed by atoms with Gasteiger partial charge in [0.1, 0.15) is 5.75 Å². The molecule has 218 valence electrons. The highest BCUT2D eigenvalue weighted by Crippen LogP contribution is 2.46. The summed E-state index contributed by atoms with van der Waals surface area (Å²) in [6, 6.07) is 4.59. The number of rotatable bonds is 7. The number of fused-ring (bicyclic) bond motifs is 4. The van der Waals surface area contributed by atoms with Gasteiger partial charge in [-0.15, -0.1) is 0 Å². The van der Waals surface area contributed by atoms with Crippen molar-refractivity contribution in [3.05, 3.63) is 23.8 Å². The quantitative estimate of drug-likeness (QED) is 0.447. The molecule has 0 radical (unpaired) electrons. The average molecular weight is 564 g/mol. The van der Waals surface area contributed by atoms with E-state index in [1.807, 2.05) is 0 Å². The molecule has 0 atom stereocenters. The van der Waals surface area contributed by atoms with Gasteiger partial charge in [-0.2, -0.15) is 28.1 Å². The van der Waals surface area contributed by atoms with Gasteiger partial charge in [0, 0.05) is 36.8 Å². The summed E-state index contributed by atoms with van der Waals surface area (Å²) in [5, 5.41) is 9.14. The maximum atomic E-state index is 13.3. The Hall–Kier alpha value is -3.35. The number of anilines is 3. The van der Waals surface area contributed by atoms with Gasteiger partial charge in [0.25, 0.3) is 5.91 Å². The molecule has 2 aliphatic heterocycles. The molecule has 2 aromatic rings. The van der Waals surface area contributed by atoms with Gasteiger partial charge in [0.2, 0.25) is 11.9 Å². The number of carbonyl (C=O) groups excluding carboxylic acids is 1. The van der Waals surface area contributed by atoms with Crippen LogP contribution < -0.4 is 25.4 Å². The summed E-state index contributed by atoms with van der Waals surface area (Å²) in [6.45, 7) is 3.41. The summed E-state index contributed by atoms with van der Waals surface area (Å²) < 4.78 is 49.0. The van der Waals surface area contributed by atoms with Crippen LogP contribution in [0.3, 0.4) is 0 Å². The summed E-state index contributed by atoms with van der Waals surface area (Å²) in [6.07, 6.45) is 3.66. The first-order valence-corrected chi connectivity index (χ1v) is 14.0. The van der Waals surface area contributed by atoms with Crippen LogP contribution in [0, 0.1) is 5.41 Å². The first-order valence-electron chi connectivity index (χ1n) is 14.0. The van der Waals surface area contributed by atoms with Gasteiger partial charge >= 0.3 is 12.2 Å². The lowest BCUT2D eigenvalue weighted by molar-refractivity contribution is -0.154. The predicted molar refractivity (Wildman–Crippen MR) is 143 cm³/mol. The summed E-state index contributed by atoms with van der Waals surface area (Å²) in [7, 11) is 0. The lowest BCUT2D eigenvalue weighted by atomic mass is 10.1. The number of aromatic nitrogens is 3. The third-order valence-corrected chi connectivity index (χ3v) is 7.41. The van der Waals surface area contributed by atoms with Crippen molar-refractivity contribution in [2.75, 3.05) is 56.6 Å². The minimum absolute atomic E-state index is 0.00489. The van der Waals surface area contributed by atoms with Crippen molar-refractivity contribution in [2.24, 2.45) is 5.41 Å². The normalized spacial score (nSPS) is 19.3. The second-order valence-electron chi connectivity index (χ2n) is 10.9. The molecule has 40 heavy (non-hydrogen) atoms. The van der Waals surface area contributed by atoms with E-state index in [9.17, 15) is 18.0 Å². The number of hydrogen-bond donors (Lipinski definition) is 3. The van der Waals surface area contributed by atoms with Crippen LogP contribution in [0.15, 0.2) is 18.2 Å². The fourth-order valence-electron chi connectivity index (χ4n) is 5.05. The SMILES string of the molecule is O=C(NCC1(CN2CCCC2)CC1)c1ccc2cc1OCCCCCCNc1nc(nc(OCC(F)(F)F)n1)N2. The molecule has 1 amide bonds. The van der Waals surface area contributed by atoms with Crippen LogP contribution in [0.5, 0.6) is 11.8 Å². The molecule has 5 rings (SSSR count). The number of halogens is 3. The first kappa shape index (κ1) is 28.2. The molecular formula is C27H36F3N7O3. The number of alkyl halides is 3. The second kappa shape index (κ2) is 12.4. The van der Waals surface area contributed by atoms with Gasteiger partial charge in [-0.3, -0.25) is 4.79 Å². The minimum atomic E-state index is -4.53. The number of nitrogens with zero attached hydrogens (tertiary/aromatic N) is 4. The molecule has 2 fully saturated rings. The fourth-order valence-corrected chi connectivity index (χ4v) is 5.05. The van der Waals surface area contributed by atoms with Gasteiger partial charge in [0.15, 0.2) is 6.61 Å². The third-order valence-electron chi connectivity index (χ3n) is 7.41. The lowest BCUT2D eigenvalue weighted by Gasteiger charge is -2.23. The lowest BCUT2D eigenvalue weighted by Crippen LogP contribution is -2.37. The first-order chi connectivity index (χ1) is 19.3. The third kappa shape index (κ3) is 8.09. The van der Waals surface area contributed by atoms with E-state index in [1.54, 1.807) is 18.2 Å². The largest absolute Gasteiger partial charge is 0.493 e. The van der Waals surface area contributed by atoms with E-state index in [-0.39, 0.29) is 23.2 Å².